The van der Waals surface area contributed by atoms with E-state index < -0.39 is 0 Å². The fourth-order valence-electron chi connectivity index (χ4n) is 3.56. The van der Waals surface area contributed by atoms with Crippen molar-refractivity contribution in [3.8, 4) is 10.8 Å². The fourth-order valence-corrected chi connectivity index (χ4v) is 4.32. The lowest BCUT2D eigenvalue weighted by atomic mass is 10.2. The highest BCUT2D eigenvalue weighted by Gasteiger charge is 2.29. The van der Waals surface area contributed by atoms with Gasteiger partial charge >= 0.3 is 5.97 Å². The van der Waals surface area contributed by atoms with Crippen LogP contribution in [0.25, 0.3) is 10.8 Å². The van der Waals surface area contributed by atoms with E-state index in [1.165, 1.54) is 11.3 Å². The molecule has 0 N–H and O–H groups in total. The number of nitrogens with zero attached hydrogens (tertiary/aromatic N) is 3. The van der Waals surface area contributed by atoms with Crippen molar-refractivity contribution < 1.29 is 18.7 Å². The van der Waals surface area contributed by atoms with Crippen molar-refractivity contribution in [1.29, 1.82) is 0 Å². The number of furan rings is 1. The third-order valence-corrected chi connectivity index (χ3v) is 5.83. The summed E-state index contributed by atoms with van der Waals surface area (Å²) >= 11 is 1.38. The van der Waals surface area contributed by atoms with Crippen molar-refractivity contribution >= 4 is 23.2 Å². The van der Waals surface area contributed by atoms with Gasteiger partial charge in [0.25, 0.3) is 5.91 Å². The number of likely N-dealkylation sites (tertiary alicyclic amines) is 1. The lowest BCUT2D eigenvalue weighted by Gasteiger charge is -2.29. The number of hydrogen-bond acceptors (Lipinski definition) is 7. The highest BCUT2D eigenvalue weighted by atomic mass is 32.1. The molecule has 1 aliphatic rings. The number of rotatable bonds is 9. The van der Waals surface area contributed by atoms with Crippen LogP contribution in [0.2, 0.25) is 0 Å². The SMILES string of the molecule is CCOC(=O)CCN(CC1CCCN1CC)C(=O)c1csc(-c2ccco2)n1. The van der Waals surface area contributed by atoms with E-state index in [4.69, 9.17) is 9.15 Å². The third kappa shape index (κ3) is 4.99. The van der Waals surface area contributed by atoms with Crippen LogP contribution < -0.4 is 0 Å². The normalized spacial score (nSPS) is 17.0. The van der Waals surface area contributed by atoms with Crippen LogP contribution in [-0.2, 0) is 9.53 Å². The van der Waals surface area contributed by atoms with E-state index in [0.29, 0.717) is 42.2 Å². The summed E-state index contributed by atoms with van der Waals surface area (Å²) in [5, 5.41) is 2.43. The zero-order valence-electron chi connectivity index (χ0n) is 16.4. The van der Waals surface area contributed by atoms with Gasteiger partial charge in [-0.05, 0) is 45.0 Å². The maximum atomic E-state index is 13.1. The highest BCUT2D eigenvalue weighted by molar-refractivity contribution is 7.13. The standard InChI is InChI=1S/C20H27N3O4S/c1-3-22-10-5-7-15(22)13-23(11-9-18(24)26-4-2)20(25)16-14-28-19(21-16)17-8-6-12-27-17/h6,8,12,14-15H,3-5,7,9-11,13H2,1-2H3. The Kier molecular flexibility index (Phi) is 7.22. The molecule has 0 radical (unpaired) electrons. The Bertz CT molecular complexity index is 774. The van der Waals surface area contributed by atoms with Gasteiger partial charge in [-0.25, -0.2) is 4.98 Å². The summed E-state index contributed by atoms with van der Waals surface area (Å²) in [6.45, 7) is 7.21. The predicted molar refractivity (Wildman–Crippen MR) is 107 cm³/mol. The molecule has 1 amide bonds. The van der Waals surface area contributed by atoms with Crippen LogP contribution in [0.1, 0.15) is 43.6 Å². The van der Waals surface area contributed by atoms with Crippen LogP contribution in [0.5, 0.6) is 0 Å². The monoisotopic (exact) mass is 405 g/mol. The summed E-state index contributed by atoms with van der Waals surface area (Å²) in [6.07, 6.45) is 3.97. The van der Waals surface area contributed by atoms with Crippen LogP contribution in [0.15, 0.2) is 28.2 Å². The van der Waals surface area contributed by atoms with Gasteiger partial charge < -0.3 is 14.1 Å². The van der Waals surface area contributed by atoms with Crippen LogP contribution in [-0.4, -0.2) is 65.5 Å². The molecule has 28 heavy (non-hydrogen) atoms. The van der Waals surface area contributed by atoms with E-state index in [0.717, 1.165) is 25.9 Å². The lowest BCUT2D eigenvalue weighted by Crippen LogP contribution is -2.44. The molecule has 0 aromatic carbocycles. The molecular weight excluding hydrogens is 378 g/mol. The number of carbonyl (C=O) groups is 2. The Morgan fingerprint density at radius 2 is 2.29 bits per heavy atom. The van der Waals surface area contributed by atoms with Crippen LogP contribution in [0, 0.1) is 0 Å². The number of thiazole rings is 1. The second-order valence-electron chi connectivity index (χ2n) is 6.75. The van der Waals surface area contributed by atoms with Gasteiger partial charge in [-0.3, -0.25) is 14.5 Å². The molecule has 2 aromatic heterocycles. The van der Waals surface area contributed by atoms with Crippen molar-refractivity contribution in [2.45, 2.75) is 39.2 Å². The maximum Gasteiger partial charge on any atom is 0.307 e. The summed E-state index contributed by atoms with van der Waals surface area (Å²) in [6, 6.07) is 3.94. The molecule has 1 fully saturated rings. The van der Waals surface area contributed by atoms with E-state index in [9.17, 15) is 9.59 Å². The molecule has 7 nitrogen and oxygen atoms in total. The van der Waals surface area contributed by atoms with Crippen molar-refractivity contribution in [1.82, 2.24) is 14.8 Å². The topological polar surface area (TPSA) is 75.9 Å². The first-order valence-electron chi connectivity index (χ1n) is 9.80. The van der Waals surface area contributed by atoms with Crippen molar-refractivity contribution in [3.05, 3.63) is 29.5 Å². The van der Waals surface area contributed by atoms with E-state index >= 15 is 0 Å². The number of likely N-dealkylation sites (N-methyl/N-ethyl adjacent to an activating group) is 1. The number of ether oxygens (including phenoxy) is 1. The van der Waals surface area contributed by atoms with Crippen molar-refractivity contribution in [2.75, 3.05) is 32.8 Å². The second-order valence-corrected chi connectivity index (χ2v) is 7.60. The highest BCUT2D eigenvalue weighted by Crippen LogP contribution is 2.25. The zero-order valence-corrected chi connectivity index (χ0v) is 17.2. The number of carbonyl (C=O) groups excluding carboxylic acids is 2. The number of aromatic nitrogens is 1. The van der Waals surface area contributed by atoms with Crippen molar-refractivity contribution in [3.63, 3.8) is 0 Å². The first-order valence-corrected chi connectivity index (χ1v) is 10.7. The van der Waals surface area contributed by atoms with E-state index in [-0.39, 0.29) is 18.3 Å². The van der Waals surface area contributed by atoms with Crippen LogP contribution >= 0.6 is 11.3 Å². The van der Waals surface area contributed by atoms with Gasteiger partial charge in [-0.1, -0.05) is 6.92 Å². The average Bonchev–Trinajstić information content (AvgIpc) is 3.45. The predicted octanol–water partition coefficient (Wildman–Crippen LogP) is 3.28. The molecule has 1 aliphatic heterocycles. The largest absolute Gasteiger partial charge is 0.466 e. The molecule has 152 valence electrons. The Morgan fingerprint density at radius 3 is 3.00 bits per heavy atom. The minimum absolute atomic E-state index is 0.152. The molecule has 2 aromatic rings. The molecule has 3 rings (SSSR count). The fraction of sp³-hybridized carbons (Fsp3) is 0.550. The smallest absolute Gasteiger partial charge is 0.307 e. The summed E-state index contributed by atoms with van der Waals surface area (Å²) in [7, 11) is 0. The van der Waals surface area contributed by atoms with E-state index in [2.05, 4.69) is 16.8 Å². The van der Waals surface area contributed by atoms with Gasteiger partial charge in [0.1, 0.15) is 5.69 Å². The summed E-state index contributed by atoms with van der Waals surface area (Å²) < 4.78 is 10.4. The van der Waals surface area contributed by atoms with Gasteiger partial charge in [-0.2, -0.15) is 0 Å². The molecule has 1 unspecified atom stereocenters. The zero-order chi connectivity index (χ0) is 19.9. The van der Waals surface area contributed by atoms with E-state index in [1.54, 1.807) is 29.5 Å². The quantitative estimate of drug-likeness (QED) is 0.596. The average molecular weight is 406 g/mol. The molecule has 1 saturated heterocycles. The van der Waals surface area contributed by atoms with Gasteiger partial charge in [0, 0.05) is 24.5 Å². The number of amides is 1. The minimum Gasteiger partial charge on any atom is -0.466 e. The molecule has 3 heterocycles. The second kappa shape index (κ2) is 9.84. The summed E-state index contributed by atoms with van der Waals surface area (Å²) in [5.74, 6) is 0.213. The van der Waals surface area contributed by atoms with E-state index in [1.807, 2.05) is 6.07 Å². The van der Waals surface area contributed by atoms with Gasteiger partial charge in [-0.15, -0.1) is 11.3 Å². The molecule has 1 atom stereocenters. The Morgan fingerprint density at radius 1 is 1.43 bits per heavy atom. The minimum atomic E-state index is -0.284. The van der Waals surface area contributed by atoms with Crippen LogP contribution in [0.4, 0.5) is 0 Å². The number of hydrogen-bond donors (Lipinski definition) is 0. The Balaban J connectivity index is 1.72. The van der Waals surface area contributed by atoms with Gasteiger partial charge in [0.2, 0.25) is 0 Å². The maximum absolute atomic E-state index is 13.1. The van der Waals surface area contributed by atoms with Gasteiger partial charge in [0.05, 0.1) is 19.3 Å². The molecule has 8 heteroatoms. The summed E-state index contributed by atoms with van der Waals surface area (Å²) in [4.78, 5) is 33.6. The summed E-state index contributed by atoms with van der Waals surface area (Å²) in [5.41, 5.74) is 0.390. The first kappa shape index (κ1) is 20.5. The molecule has 0 bridgehead atoms. The third-order valence-electron chi connectivity index (χ3n) is 4.97. The van der Waals surface area contributed by atoms with Crippen molar-refractivity contribution in [2.24, 2.45) is 0 Å². The lowest BCUT2D eigenvalue weighted by molar-refractivity contribution is -0.143. The Hall–Kier alpha value is -2.19. The molecule has 0 saturated carbocycles. The van der Waals surface area contributed by atoms with Crippen LogP contribution in [0.3, 0.4) is 0 Å². The molecule has 0 spiro atoms. The van der Waals surface area contributed by atoms with Gasteiger partial charge in [0.15, 0.2) is 10.8 Å². The number of esters is 1. The Labute approximate surface area is 169 Å². The molecule has 0 aliphatic carbocycles. The molecular formula is C20H27N3O4S. The first-order chi connectivity index (χ1) is 13.6.